The summed E-state index contributed by atoms with van der Waals surface area (Å²) in [6.45, 7) is 9.62. The summed E-state index contributed by atoms with van der Waals surface area (Å²) < 4.78 is 6.53. The maximum atomic E-state index is 5.49. The molecule has 3 nitrogen and oxygen atoms in total. The maximum absolute atomic E-state index is 5.49. The highest BCUT2D eigenvalue weighted by Gasteiger charge is 2.19. The van der Waals surface area contributed by atoms with Crippen molar-refractivity contribution in [2.24, 2.45) is 0 Å². The second-order valence-electron chi connectivity index (χ2n) is 5.54. The van der Waals surface area contributed by atoms with Crippen LogP contribution in [0.15, 0.2) is 16.6 Å². The summed E-state index contributed by atoms with van der Waals surface area (Å²) >= 11 is 3.68. The molecule has 0 aliphatic rings. The molecular weight excluding hydrogens is 328 g/mol. The van der Waals surface area contributed by atoms with E-state index in [0.717, 1.165) is 39.8 Å². The van der Waals surface area contributed by atoms with Gasteiger partial charge in [0.05, 0.1) is 12.8 Å². The number of benzene rings is 1. The first-order valence-corrected chi connectivity index (χ1v) is 8.21. The second kappa shape index (κ2) is 6.65. The molecule has 0 fully saturated rings. The molecule has 1 aromatic carbocycles. The van der Waals surface area contributed by atoms with Crippen LogP contribution in [0.3, 0.4) is 0 Å². The number of methoxy groups -OCH3 is 1. The lowest BCUT2D eigenvalue weighted by atomic mass is 9.96. The normalized spacial score (nSPS) is 11.2. The first kappa shape index (κ1) is 16.1. The summed E-state index contributed by atoms with van der Waals surface area (Å²) in [7, 11) is 1.69. The second-order valence-corrected chi connectivity index (χ2v) is 6.39. The molecule has 0 bridgehead atoms. The van der Waals surface area contributed by atoms with Crippen molar-refractivity contribution < 1.29 is 4.74 Å². The fourth-order valence-corrected chi connectivity index (χ4v) is 3.26. The van der Waals surface area contributed by atoms with E-state index >= 15 is 0 Å². The molecule has 0 spiro atoms. The summed E-state index contributed by atoms with van der Waals surface area (Å²) in [5, 5.41) is 4.70. The summed E-state index contributed by atoms with van der Waals surface area (Å²) in [6.07, 6.45) is 1.09. The summed E-state index contributed by atoms with van der Waals surface area (Å²) in [5.41, 5.74) is 4.44. The van der Waals surface area contributed by atoms with Crippen LogP contribution in [0.25, 0.3) is 10.9 Å². The summed E-state index contributed by atoms with van der Waals surface area (Å²) in [4.78, 5) is 4.80. The Hall–Kier alpha value is -1.29. The number of hydrogen-bond acceptors (Lipinski definition) is 3. The Morgan fingerprint density at radius 2 is 2.05 bits per heavy atom. The molecule has 0 saturated heterocycles. The van der Waals surface area contributed by atoms with Crippen molar-refractivity contribution in [2.75, 3.05) is 19.0 Å². The van der Waals surface area contributed by atoms with Gasteiger partial charge in [-0.05, 0) is 37.0 Å². The molecule has 21 heavy (non-hydrogen) atoms. The van der Waals surface area contributed by atoms with Gasteiger partial charge in [-0.3, -0.25) is 0 Å². The third kappa shape index (κ3) is 3.00. The average molecular weight is 351 g/mol. The Bertz CT molecular complexity index is 653. The van der Waals surface area contributed by atoms with Gasteiger partial charge in [0.15, 0.2) is 0 Å². The van der Waals surface area contributed by atoms with Crippen LogP contribution in [0.2, 0.25) is 0 Å². The number of rotatable bonds is 5. The van der Waals surface area contributed by atoms with Crippen LogP contribution in [-0.2, 0) is 0 Å². The number of fused-ring (bicyclic) bond motifs is 1. The molecule has 0 atom stereocenters. The van der Waals surface area contributed by atoms with Crippen LogP contribution in [-0.4, -0.2) is 18.6 Å². The van der Waals surface area contributed by atoms with Gasteiger partial charge in [0.2, 0.25) is 0 Å². The van der Waals surface area contributed by atoms with Gasteiger partial charge in [-0.15, -0.1) is 0 Å². The number of aromatic nitrogens is 1. The molecule has 0 amide bonds. The van der Waals surface area contributed by atoms with Crippen LogP contribution in [0, 0.1) is 6.92 Å². The minimum Gasteiger partial charge on any atom is -0.494 e. The molecule has 0 radical (unpaired) electrons. The lowest BCUT2D eigenvalue weighted by molar-refractivity contribution is 0.418. The first-order valence-electron chi connectivity index (χ1n) is 7.41. The first-order chi connectivity index (χ1) is 10.0. The van der Waals surface area contributed by atoms with Gasteiger partial charge in [-0.25, -0.2) is 4.98 Å². The number of anilines is 1. The number of hydrogen-bond donors (Lipinski definition) is 1. The van der Waals surface area contributed by atoms with Crippen molar-refractivity contribution in [3.63, 3.8) is 0 Å². The number of pyridine rings is 1. The third-order valence-corrected chi connectivity index (χ3v) is 4.29. The van der Waals surface area contributed by atoms with E-state index in [9.17, 15) is 0 Å². The van der Waals surface area contributed by atoms with E-state index in [1.165, 1.54) is 11.3 Å². The van der Waals surface area contributed by atoms with Crippen molar-refractivity contribution in [3.8, 4) is 5.75 Å². The zero-order valence-corrected chi connectivity index (χ0v) is 15.0. The number of nitrogens with zero attached hydrogens (tertiary/aromatic N) is 1. The van der Waals surface area contributed by atoms with E-state index < -0.39 is 0 Å². The zero-order valence-electron chi connectivity index (χ0n) is 13.4. The highest BCUT2D eigenvalue weighted by molar-refractivity contribution is 9.10. The molecule has 1 N–H and O–H groups in total. The van der Waals surface area contributed by atoms with Gasteiger partial charge >= 0.3 is 0 Å². The minimum absolute atomic E-state index is 0.416. The fraction of sp³-hybridized carbons (Fsp3) is 0.471. The van der Waals surface area contributed by atoms with Crippen LogP contribution in [0.5, 0.6) is 5.75 Å². The molecular formula is C17H23BrN2O. The molecule has 1 heterocycles. The van der Waals surface area contributed by atoms with Gasteiger partial charge in [0, 0.05) is 22.1 Å². The third-order valence-electron chi connectivity index (χ3n) is 3.63. The average Bonchev–Trinajstić information content (AvgIpc) is 2.44. The Labute approximate surface area is 135 Å². The largest absolute Gasteiger partial charge is 0.494 e. The monoisotopic (exact) mass is 350 g/mol. The van der Waals surface area contributed by atoms with Gasteiger partial charge in [0.25, 0.3) is 0 Å². The molecule has 114 valence electrons. The Morgan fingerprint density at radius 1 is 1.33 bits per heavy atom. The summed E-state index contributed by atoms with van der Waals surface area (Å²) in [5.74, 6) is 1.23. The van der Waals surface area contributed by atoms with Crippen LogP contribution in [0.1, 0.15) is 44.4 Å². The molecule has 0 unspecified atom stereocenters. The number of aryl methyl sites for hydroxylation is 1. The topological polar surface area (TPSA) is 34.2 Å². The molecule has 4 heteroatoms. The number of ether oxygens (including phenoxy) is 1. The smallest absolute Gasteiger partial charge is 0.145 e. The van der Waals surface area contributed by atoms with Crippen molar-refractivity contribution in [1.82, 2.24) is 4.98 Å². The highest BCUT2D eigenvalue weighted by Crippen LogP contribution is 2.40. The fourth-order valence-electron chi connectivity index (χ4n) is 2.74. The highest BCUT2D eigenvalue weighted by atomic mass is 79.9. The quantitative estimate of drug-likeness (QED) is 0.798. The predicted octanol–water partition coefficient (Wildman–Crippen LogP) is 5.26. The lowest BCUT2D eigenvalue weighted by Crippen LogP contribution is -2.09. The van der Waals surface area contributed by atoms with E-state index in [-0.39, 0.29) is 0 Å². The Morgan fingerprint density at radius 3 is 2.62 bits per heavy atom. The molecule has 2 rings (SSSR count). The maximum Gasteiger partial charge on any atom is 0.145 e. The standard InChI is InChI=1S/C17H23BrN2O/c1-6-9-19-17-14(10(2)3)11(4)20-16-13(21-5)8-7-12(18)15(16)17/h7-8,10H,6,9H2,1-5H3,(H,19,20). The van der Waals surface area contributed by atoms with Gasteiger partial charge in [-0.1, -0.05) is 36.7 Å². The predicted molar refractivity (Wildman–Crippen MR) is 93.6 cm³/mol. The molecule has 2 aromatic rings. The van der Waals surface area contributed by atoms with Crippen molar-refractivity contribution in [3.05, 3.63) is 27.9 Å². The number of nitrogens with one attached hydrogen (secondary N) is 1. The number of halogens is 1. The van der Waals surface area contributed by atoms with Gasteiger partial charge in [-0.2, -0.15) is 0 Å². The van der Waals surface area contributed by atoms with Crippen LogP contribution >= 0.6 is 15.9 Å². The van der Waals surface area contributed by atoms with Crippen molar-refractivity contribution in [1.29, 1.82) is 0 Å². The summed E-state index contributed by atoms with van der Waals surface area (Å²) in [6, 6.07) is 3.98. The van der Waals surface area contributed by atoms with Crippen molar-refractivity contribution in [2.45, 2.75) is 40.0 Å². The SMILES string of the molecule is CCCNc1c(C(C)C)c(C)nc2c(OC)ccc(Br)c12. The van der Waals surface area contributed by atoms with E-state index in [0.29, 0.717) is 5.92 Å². The molecule has 0 saturated carbocycles. The van der Waals surface area contributed by atoms with Crippen LogP contribution in [0.4, 0.5) is 5.69 Å². The van der Waals surface area contributed by atoms with E-state index in [2.05, 4.69) is 48.9 Å². The minimum atomic E-state index is 0.416. The van der Waals surface area contributed by atoms with E-state index in [1.54, 1.807) is 7.11 Å². The Kier molecular flexibility index (Phi) is 5.09. The van der Waals surface area contributed by atoms with E-state index in [4.69, 9.17) is 9.72 Å². The zero-order chi connectivity index (χ0) is 15.6. The molecule has 1 aromatic heterocycles. The van der Waals surface area contributed by atoms with Gasteiger partial charge < -0.3 is 10.1 Å². The van der Waals surface area contributed by atoms with Crippen molar-refractivity contribution >= 4 is 32.5 Å². The molecule has 0 aliphatic carbocycles. The van der Waals surface area contributed by atoms with Crippen LogP contribution < -0.4 is 10.1 Å². The van der Waals surface area contributed by atoms with Gasteiger partial charge in [0.1, 0.15) is 11.3 Å². The Balaban J connectivity index is 2.85. The molecule has 0 aliphatic heterocycles. The van der Waals surface area contributed by atoms with E-state index in [1.807, 2.05) is 12.1 Å². The lowest BCUT2D eigenvalue weighted by Gasteiger charge is -2.21.